The highest BCUT2D eigenvalue weighted by Crippen LogP contribution is 2.33. The first-order valence-electron chi connectivity index (χ1n) is 15.7. The maximum atomic E-state index is 12.5. The summed E-state index contributed by atoms with van der Waals surface area (Å²) in [5, 5.41) is 24.1. The number of amides is 2. The van der Waals surface area contributed by atoms with Crippen molar-refractivity contribution >= 4 is 29.0 Å². The molecule has 5 N–H and O–H groups in total. The van der Waals surface area contributed by atoms with Gasteiger partial charge in [-0.1, -0.05) is 30.3 Å². The van der Waals surface area contributed by atoms with Crippen LogP contribution >= 0.6 is 0 Å². The molecule has 4 atom stereocenters. The fourth-order valence-corrected chi connectivity index (χ4v) is 5.90. The highest BCUT2D eigenvalue weighted by atomic mass is 16.6. The van der Waals surface area contributed by atoms with Crippen LogP contribution in [0.5, 0.6) is 0 Å². The smallest absolute Gasteiger partial charge is 0.409 e. The Balaban J connectivity index is 0.949. The molecule has 0 radical (unpaired) electrons. The number of nitrogens with one attached hydrogen (secondary N) is 1. The number of benzene rings is 1. The van der Waals surface area contributed by atoms with Gasteiger partial charge in [-0.3, -0.25) is 9.36 Å². The van der Waals surface area contributed by atoms with E-state index in [1.54, 1.807) is 4.90 Å². The van der Waals surface area contributed by atoms with Crippen LogP contribution in [-0.2, 0) is 32.0 Å². The van der Waals surface area contributed by atoms with Crippen LogP contribution in [0.2, 0.25) is 0 Å². The van der Waals surface area contributed by atoms with Crippen LogP contribution in [0.25, 0.3) is 11.2 Å². The number of nitrogens with zero attached hydrogens (tertiary/aromatic N) is 5. The second-order valence-corrected chi connectivity index (χ2v) is 12.0. The van der Waals surface area contributed by atoms with E-state index in [4.69, 9.17) is 19.9 Å². The number of nitrogens with two attached hydrogens (primary N) is 1. The fraction of sp³-hybridized carbons (Fsp3) is 0.581. The monoisotopic (exact) mass is 623 g/mol. The molecule has 3 fully saturated rings. The van der Waals surface area contributed by atoms with Crippen molar-refractivity contribution in [3.63, 3.8) is 0 Å². The average Bonchev–Trinajstić information content (AvgIpc) is 3.68. The van der Waals surface area contributed by atoms with Crippen molar-refractivity contribution in [2.45, 2.75) is 82.1 Å². The standard InChI is InChI=1S/C31H41N7O7/c32-27-23-28(38(18-33-23)30-25(40)24(39)26(45-30)29(41)34-21-9-10-21)36-22(35-27)8-4-7-19-11-13-37(14-12-19)31(42)44-16-15-43-17-20-5-2-1-3-6-20/h1-3,5-6,18-19,21,24-26,30,39-40H,4,7-17H2,(H,34,41)(H2,32,35,36)/t24-,25+,26-,30+/m0/s1. The number of piperidine rings is 1. The van der Waals surface area contributed by atoms with E-state index in [1.165, 1.54) is 10.9 Å². The van der Waals surface area contributed by atoms with Crippen molar-refractivity contribution in [2.75, 3.05) is 32.0 Å². The van der Waals surface area contributed by atoms with E-state index in [1.807, 2.05) is 30.3 Å². The van der Waals surface area contributed by atoms with Crippen molar-refractivity contribution in [1.82, 2.24) is 29.7 Å². The molecule has 3 aliphatic rings. The first-order chi connectivity index (χ1) is 21.9. The van der Waals surface area contributed by atoms with Crippen LogP contribution < -0.4 is 11.1 Å². The molecule has 242 valence electrons. The summed E-state index contributed by atoms with van der Waals surface area (Å²) < 4.78 is 18.3. The van der Waals surface area contributed by atoms with Crippen molar-refractivity contribution in [3.8, 4) is 0 Å². The summed E-state index contributed by atoms with van der Waals surface area (Å²) in [4.78, 5) is 40.1. The quantitative estimate of drug-likeness (QED) is 0.215. The second kappa shape index (κ2) is 14.1. The summed E-state index contributed by atoms with van der Waals surface area (Å²) in [6.45, 7) is 2.36. The lowest BCUT2D eigenvalue weighted by Crippen LogP contribution is -2.43. The third kappa shape index (κ3) is 7.52. The first kappa shape index (κ1) is 31.1. The van der Waals surface area contributed by atoms with Crippen molar-refractivity contribution < 1.29 is 34.0 Å². The summed E-state index contributed by atoms with van der Waals surface area (Å²) in [5.74, 6) is 0.769. The average molecular weight is 624 g/mol. The molecular weight excluding hydrogens is 582 g/mol. The molecule has 3 aromatic rings. The number of aromatic nitrogens is 4. The Morgan fingerprint density at radius 3 is 2.58 bits per heavy atom. The van der Waals surface area contributed by atoms with Crippen LogP contribution in [0.3, 0.4) is 0 Å². The molecule has 6 rings (SSSR count). The van der Waals surface area contributed by atoms with Crippen LogP contribution in [0, 0.1) is 5.92 Å². The van der Waals surface area contributed by atoms with E-state index in [9.17, 15) is 19.8 Å². The molecule has 2 aliphatic heterocycles. The molecule has 2 aromatic heterocycles. The largest absolute Gasteiger partial charge is 0.447 e. The van der Waals surface area contributed by atoms with Crippen molar-refractivity contribution in [1.29, 1.82) is 0 Å². The zero-order valence-corrected chi connectivity index (χ0v) is 25.2. The molecule has 14 heteroatoms. The summed E-state index contributed by atoms with van der Waals surface area (Å²) >= 11 is 0. The number of aliphatic hydroxyl groups is 2. The second-order valence-electron chi connectivity index (χ2n) is 12.0. The molecule has 45 heavy (non-hydrogen) atoms. The van der Waals surface area contributed by atoms with E-state index >= 15 is 0 Å². The van der Waals surface area contributed by atoms with Crippen LogP contribution in [0.15, 0.2) is 36.7 Å². The number of imidazole rings is 1. The van der Waals surface area contributed by atoms with Gasteiger partial charge in [0.15, 0.2) is 23.8 Å². The number of rotatable bonds is 12. The lowest BCUT2D eigenvalue weighted by atomic mass is 9.91. The van der Waals surface area contributed by atoms with Crippen molar-refractivity contribution in [3.05, 3.63) is 48.0 Å². The number of likely N-dealkylation sites (tertiary alicyclic amines) is 1. The van der Waals surface area contributed by atoms with Gasteiger partial charge in [-0.2, -0.15) is 0 Å². The van der Waals surface area contributed by atoms with Gasteiger partial charge in [0.05, 0.1) is 19.5 Å². The van der Waals surface area contributed by atoms with Gasteiger partial charge in [0.1, 0.15) is 30.2 Å². The van der Waals surface area contributed by atoms with Crippen LogP contribution in [0.4, 0.5) is 10.6 Å². The van der Waals surface area contributed by atoms with E-state index in [0.29, 0.717) is 55.6 Å². The molecule has 1 aromatic carbocycles. The van der Waals surface area contributed by atoms with Gasteiger partial charge in [0.2, 0.25) is 0 Å². The molecular formula is C31H41N7O7. The minimum Gasteiger partial charge on any atom is -0.447 e. The Labute approximate surface area is 260 Å². The molecule has 2 saturated heterocycles. The number of fused-ring (bicyclic) bond motifs is 1. The lowest BCUT2D eigenvalue weighted by molar-refractivity contribution is -0.137. The first-order valence-corrected chi connectivity index (χ1v) is 15.7. The predicted molar refractivity (Wildman–Crippen MR) is 162 cm³/mol. The topological polar surface area (TPSA) is 187 Å². The Hall–Kier alpha value is -3.85. The SMILES string of the molecule is Nc1nc(CCCC2CCN(C(=O)OCCOCc3ccccc3)CC2)nc2c1ncn2[C@@H]1O[C@H](C(=O)NC2CC2)[C@@H](O)[C@H]1O. The van der Waals surface area contributed by atoms with Gasteiger partial charge in [0, 0.05) is 25.6 Å². The number of nitrogen functional groups attached to an aromatic ring is 1. The van der Waals surface area contributed by atoms with E-state index in [0.717, 1.165) is 44.1 Å². The number of anilines is 1. The Morgan fingerprint density at radius 1 is 1.04 bits per heavy atom. The zero-order valence-electron chi connectivity index (χ0n) is 25.2. The predicted octanol–water partition coefficient (Wildman–Crippen LogP) is 1.69. The number of hydrogen-bond acceptors (Lipinski definition) is 11. The molecule has 4 heterocycles. The van der Waals surface area contributed by atoms with E-state index in [2.05, 4.69) is 20.3 Å². The van der Waals surface area contributed by atoms with Crippen molar-refractivity contribution in [2.24, 2.45) is 5.92 Å². The number of aryl methyl sites for hydroxylation is 1. The third-order valence-corrected chi connectivity index (χ3v) is 8.64. The third-order valence-electron chi connectivity index (χ3n) is 8.64. The van der Waals surface area contributed by atoms with Crippen LogP contribution in [-0.4, -0.2) is 97.3 Å². The highest BCUT2D eigenvalue weighted by molar-refractivity contribution is 5.83. The molecule has 1 aliphatic carbocycles. The van der Waals surface area contributed by atoms with Gasteiger partial charge >= 0.3 is 6.09 Å². The normalized spacial score (nSPS) is 23.8. The molecule has 1 saturated carbocycles. The number of carbonyl (C=O) groups is 2. The highest BCUT2D eigenvalue weighted by Gasteiger charge is 2.48. The summed E-state index contributed by atoms with van der Waals surface area (Å²) in [7, 11) is 0. The zero-order chi connectivity index (χ0) is 31.3. The Kier molecular flexibility index (Phi) is 9.73. The number of ether oxygens (including phenoxy) is 3. The maximum Gasteiger partial charge on any atom is 0.409 e. The Bertz CT molecular complexity index is 1460. The Morgan fingerprint density at radius 2 is 1.82 bits per heavy atom. The van der Waals surface area contributed by atoms with E-state index < -0.39 is 30.4 Å². The molecule has 0 spiro atoms. The lowest BCUT2D eigenvalue weighted by Gasteiger charge is -2.31. The number of carbonyl (C=O) groups excluding carboxylic acids is 2. The van der Waals surface area contributed by atoms with Gasteiger partial charge in [0.25, 0.3) is 5.91 Å². The summed E-state index contributed by atoms with van der Waals surface area (Å²) in [5.41, 5.74) is 8.01. The van der Waals surface area contributed by atoms with Gasteiger partial charge in [-0.25, -0.2) is 19.7 Å². The number of hydrogen-bond donors (Lipinski definition) is 4. The minimum atomic E-state index is -1.39. The van der Waals surface area contributed by atoms with E-state index in [-0.39, 0.29) is 24.6 Å². The fourth-order valence-electron chi connectivity index (χ4n) is 5.90. The number of aliphatic hydroxyl groups excluding tert-OH is 2. The van der Waals surface area contributed by atoms with Gasteiger partial charge in [-0.05, 0) is 50.0 Å². The summed E-state index contributed by atoms with van der Waals surface area (Å²) in [6.07, 6.45) is 2.06. The van der Waals surface area contributed by atoms with Gasteiger partial charge < -0.3 is 40.4 Å². The summed E-state index contributed by atoms with van der Waals surface area (Å²) in [6, 6.07) is 9.96. The van der Waals surface area contributed by atoms with Gasteiger partial charge in [-0.15, -0.1) is 0 Å². The maximum absolute atomic E-state index is 12.5. The van der Waals surface area contributed by atoms with Crippen LogP contribution in [0.1, 0.15) is 56.1 Å². The molecule has 0 unspecified atom stereocenters. The molecule has 0 bridgehead atoms. The molecule has 2 amide bonds. The minimum absolute atomic E-state index is 0.0961. The molecule has 14 nitrogen and oxygen atoms in total.